The third-order valence-corrected chi connectivity index (χ3v) is 6.35. The van der Waals surface area contributed by atoms with Crippen LogP contribution in [0.3, 0.4) is 0 Å². The Labute approximate surface area is 232 Å². The number of ether oxygens (including phenoxy) is 3. The van der Waals surface area contributed by atoms with Crippen molar-refractivity contribution in [2.24, 2.45) is 0 Å². The lowest BCUT2D eigenvalue weighted by molar-refractivity contribution is -0.112. The van der Waals surface area contributed by atoms with Gasteiger partial charge in [0.2, 0.25) is 0 Å². The Kier molecular flexibility index (Phi) is 10.3. The molecule has 0 aliphatic carbocycles. The monoisotopic (exact) mass is 626 g/mol. The highest BCUT2D eigenvalue weighted by Crippen LogP contribution is 2.38. The van der Waals surface area contributed by atoms with Crippen LogP contribution in [0.2, 0.25) is 0 Å². The van der Waals surface area contributed by atoms with Crippen molar-refractivity contribution < 1.29 is 23.8 Å². The summed E-state index contributed by atoms with van der Waals surface area (Å²) < 4.78 is 18.3. The molecule has 0 radical (unpaired) electrons. The summed E-state index contributed by atoms with van der Waals surface area (Å²) in [6.07, 6.45) is 1.47. The van der Waals surface area contributed by atoms with E-state index in [0.717, 1.165) is 10.0 Å². The zero-order valence-electron chi connectivity index (χ0n) is 20.2. The number of carbonyl (C=O) groups excluding carboxylic acids is 2. The van der Waals surface area contributed by atoms with E-state index < -0.39 is 11.9 Å². The number of anilines is 1. The minimum atomic E-state index is -0.588. The first-order valence-electron chi connectivity index (χ1n) is 11.4. The summed E-state index contributed by atoms with van der Waals surface area (Å²) in [7, 11) is 0. The van der Waals surface area contributed by atoms with Crippen molar-refractivity contribution in [3.8, 4) is 17.6 Å². The van der Waals surface area contributed by atoms with Crippen molar-refractivity contribution in [3.63, 3.8) is 0 Å². The molecule has 3 aromatic rings. The van der Waals surface area contributed by atoms with Gasteiger partial charge in [-0.1, -0.05) is 34.1 Å². The zero-order valence-corrected chi connectivity index (χ0v) is 23.4. The van der Waals surface area contributed by atoms with Gasteiger partial charge in [0.25, 0.3) is 5.91 Å². The lowest BCUT2D eigenvalue weighted by Gasteiger charge is -2.15. The molecular weight excluding hydrogens is 604 g/mol. The molecule has 0 bridgehead atoms. The molecule has 0 fully saturated rings. The Morgan fingerprint density at radius 3 is 2.35 bits per heavy atom. The van der Waals surface area contributed by atoms with Gasteiger partial charge in [0.15, 0.2) is 11.5 Å². The Balaban J connectivity index is 1.80. The number of nitriles is 1. The van der Waals surface area contributed by atoms with E-state index in [2.05, 4.69) is 37.2 Å². The van der Waals surface area contributed by atoms with Crippen LogP contribution in [0.1, 0.15) is 35.3 Å². The predicted octanol–water partition coefficient (Wildman–Crippen LogP) is 6.91. The number of amides is 1. The summed E-state index contributed by atoms with van der Waals surface area (Å²) in [5, 5.41) is 12.3. The number of esters is 1. The first-order valence-corrected chi connectivity index (χ1v) is 13.0. The second kappa shape index (κ2) is 13.6. The highest BCUT2D eigenvalue weighted by Gasteiger charge is 2.15. The summed E-state index contributed by atoms with van der Waals surface area (Å²) >= 11 is 7.04. The normalized spacial score (nSPS) is 10.8. The molecule has 3 rings (SSSR count). The van der Waals surface area contributed by atoms with Crippen LogP contribution in [0.25, 0.3) is 6.08 Å². The van der Waals surface area contributed by atoms with Gasteiger partial charge in [-0.05, 0) is 83.9 Å². The highest BCUT2D eigenvalue weighted by molar-refractivity contribution is 9.10. The molecule has 1 amide bonds. The molecule has 0 spiro atoms. The van der Waals surface area contributed by atoms with Crippen molar-refractivity contribution >= 4 is 55.5 Å². The average molecular weight is 628 g/mol. The van der Waals surface area contributed by atoms with Crippen LogP contribution in [-0.2, 0) is 16.1 Å². The molecule has 37 heavy (non-hydrogen) atoms. The maximum atomic E-state index is 12.8. The molecule has 0 unspecified atom stereocenters. The van der Waals surface area contributed by atoms with E-state index in [0.29, 0.717) is 46.0 Å². The van der Waals surface area contributed by atoms with Crippen LogP contribution in [0.4, 0.5) is 5.69 Å². The summed E-state index contributed by atoms with van der Waals surface area (Å²) in [4.78, 5) is 24.6. The molecule has 190 valence electrons. The second-order valence-electron chi connectivity index (χ2n) is 7.56. The largest absolute Gasteiger partial charge is 0.490 e. The molecule has 0 aromatic heterocycles. The lowest BCUT2D eigenvalue weighted by atomic mass is 10.1. The van der Waals surface area contributed by atoms with Crippen molar-refractivity contribution in [1.82, 2.24) is 0 Å². The summed E-state index contributed by atoms with van der Waals surface area (Å²) in [5.74, 6) is -0.0472. The van der Waals surface area contributed by atoms with E-state index in [-0.39, 0.29) is 12.2 Å². The Morgan fingerprint density at radius 2 is 1.70 bits per heavy atom. The van der Waals surface area contributed by atoms with Gasteiger partial charge in [0, 0.05) is 15.7 Å². The third-order valence-electron chi connectivity index (χ3n) is 4.99. The van der Waals surface area contributed by atoms with Gasteiger partial charge in [-0.15, -0.1) is 0 Å². The number of rotatable bonds is 10. The smallest absolute Gasteiger partial charge is 0.338 e. The van der Waals surface area contributed by atoms with E-state index in [4.69, 9.17) is 14.2 Å². The molecular formula is C28H24Br2N2O5. The fourth-order valence-electron chi connectivity index (χ4n) is 3.26. The van der Waals surface area contributed by atoms with E-state index >= 15 is 0 Å². The van der Waals surface area contributed by atoms with Crippen LogP contribution in [0.5, 0.6) is 11.5 Å². The van der Waals surface area contributed by atoms with Gasteiger partial charge in [0.1, 0.15) is 18.2 Å². The van der Waals surface area contributed by atoms with Crippen LogP contribution in [0.15, 0.2) is 75.2 Å². The fraction of sp³-hybridized carbons (Fsp3) is 0.179. The van der Waals surface area contributed by atoms with Crippen LogP contribution < -0.4 is 14.8 Å². The van der Waals surface area contributed by atoms with E-state index in [1.165, 1.54) is 6.08 Å². The van der Waals surface area contributed by atoms with Crippen LogP contribution >= 0.6 is 31.9 Å². The van der Waals surface area contributed by atoms with Gasteiger partial charge in [-0.3, -0.25) is 4.79 Å². The molecule has 9 heteroatoms. The van der Waals surface area contributed by atoms with Gasteiger partial charge in [-0.25, -0.2) is 4.79 Å². The predicted molar refractivity (Wildman–Crippen MR) is 148 cm³/mol. The van der Waals surface area contributed by atoms with Crippen LogP contribution in [0, 0.1) is 11.3 Å². The summed E-state index contributed by atoms with van der Waals surface area (Å²) in [5.41, 5.74) is 2.25. The van der Waals surface area contributed by atoms with Gasteiger partial charge in [0.05, 0.1) is 23.2 Å². The molecule has 0 saturated heterocycles. The van der Waals surface area contributed by atoms with Crippen LogP contribution in [-0.4, -0.2) is 25.1 Å². The number of carbonyl (C=O) groups is 2. The maximum absolute atomic E-state index is 12.8. The van der Waals surface area contributed by atoms with Crippen molar-refractivity contribution in [1.29, 1.82) is 5.26 Å². The molecule has 3 aromatic carbocycles. The van der Waals surface area contributed by atoms with Gasteiger partial charge < -0.3 is 19.5 Å². The fourth-order valence-corrected chi connectivity index (χ4v) is 4.23. The Hall–Kier alpha value is -3.61. The maximum Gasteiger partial charge on any atom is 0.338 e. The summed E-state index contributed by atoms with van der Waals surface area (Å²) in [6.45, 7) is 4.57. The SMILES string of the molecule is CCOC(=O)c1ccc(NC(=O)/C(C#N)=C/c2cc(Br)c(OCc3ccccc3Br)c(OCC)c2)cc1. The Bertz CT molecular complexity index is 1350. The van der Waals surface area contributed by atoms with E-state index in [1.807, 2.05) is 37.3 Å². The molecule has 0 atom stereocenters. The average Bonchev–Trinajstić information content (AvgIpc) is 2.88. The molecule has 0 saturated carbocycles. The topological polar surface area (TPSA) is 97.7 Å². The van der Waals surface area contributed by atoms with Gasteiger partial charge in [-0.2, -0.15) is 5.26 Å². The Morgan fingerprint density at radius 1 is 0.973 bits per heavy atom. The number of halogens is 2. The second-order valence-corrected chi connectivity index (χ2v) is 9.27. The number of hydrogen-bond acceptors (Lipinski definition) is 6. The van der Waals surface area contributed by atoms with E-state index in [1.54, 1.807) is 43.3 Å². The molecule has 1 N–H and O–H groups in total. The van der Waals surface area contributed by atoms with Crippen molar-refractivity contribution in [2.75, 3.05) is 18.5 Å². The zero-order chi connectivity index (χ0) is 26.8. The molecule has 0 aliphatic rings. The number of hydrogen-bond donors (Lipinski definition) is 1. The number of nitrogens with zero attached hydrogens (tertiary/aromatic N) is 1. The minimum absolute atomic E-state index is 0.106. The van der Waals surface area contributed by atoms with Crippen molar-refractivity contribution in [3.05, 3.63) is 91.9 Å². The molecule has 0 aliphatic heterocycles. The van der Waals surface area contributed by atoms with Crippen molar-refractivity contribution in [2.45, 2.75) is 20.5 Å². The number of nitrogens with one attached hydrogen (secondary N) is 1. The first kappa shape index (κ1) is 28.0. The van der Waals surface area contributed by atoms with Gasteiger partial charge >= 0.3 is 5.97 Å². The highest BCUT2D eigenvalue weighted by atomic mass is 79.9. The van der Waals surface area contributed by atoms with E-state index in [9.17, 15) is 14.9 Å². The molecule has 0 heterocycles. The minimum Gasteiger partial charge on any atom is -0.490 e. The quantitative estimate of drug-likeness (QED) is 0.149. The molecule has 7 nitrogen and oxygen atoms in total. The standard InChI is InChI=1S/C28H24Br2N2O5/c1-3-35-25-15-18(14-24(30)26(25)37-17-20-7-5-6-8-23(20)29)13-21(16-31)27(33)32-22-11-9-19(10-12-22)28(34)36-4-2/h5-15H,3-4,17H2,1-2H3,(H,32,33)/b21-13+. The third kappa shape index (κ3) is 7.68. The number of benzene rings is 3. The summed E-state index contributed by atoms with van der Waals surface area (Å²) in [6, 6.07) is 19.4. The lowest BCUT2D eigenvalue weighted by Crippen LogP contribution is -2.13. The first-order chi connectivity index (χ1) is 17.9.